The van der Waals surface area contributed by atoms with E-state index >= 15 is 0 Å². The first-order chi connectivity index (χ1) is 15.5. The van der Waals surface area contributed by atoms with Gasteiger partial charge in [0.05, 0.1) is 36.5 Å². The third-order valence-electron chi connectivity index (χ3n) is 6.80. The van der Waals surface area contributed by atoms with Crippen LogP contribution in [0.2, 0.25) is 5.02 Å². The average Bonchev–Trinajstić information content (AvgIpc) is 3.26. The van der Waals surface area contributed by atoms with Crippen LogP contribution in [0.3, 0.4) is 0 Å². The van der Waals surface area contributed by atoms with Gasteiger partial charge in [0.25, 0.3) is 0 Å². The molecule has 0 amide bonds. The summed E-state index contributed by atoms with van der Waals surface area (Å²) < 4.78 is 17.8. The monoisotopic (exact) mass is 460 g/mol. The first-order valence-corrected chi connectivity index (χ1v) is 11.8. The van der Waals surface area contributed by atoms with Crippen LogP contribution in [0.15, 0.2) is 30.3 Å². The van der Waals surface area contributed by atoms with E-state index in [1.807, 2.05) is 18.2 Å². The fourth-order valence-electron chi connectivity index (χ4n) is 4.72. The number of fused-ring (bicyclic) bond motifs is 1. The molecule has 32 heavy (non-hydrogen) atoms. The zero-order valence-electron chi connectivity index (χ0n) is 17.9. The molecule has 2 aliphatic heterocycles. The third-order valence-corrected chi connectivity index (χ3v) is 7.22. The standard InChI is InChI=1S/C25H29ClO6/c26-23-15(10-14-4-6-17(7-5-14)31-16-2-1-3-16)11-19(18-8-9-30-25(18)23)21-12-20(28)24(29)22(13-27)32-21/h4-7,11,16,20-22,24,27-29H,1-3,8-10,12-13H2/t20-,21-,22-,24+/m1/s1. The van der Waals surface area contributed by atoms with E-state index in [2.05, 4.69) is 12.1 Å². The van der Waals surface area contributed by atoms with Gasteiger partial charge in [0.1, 0.15) is 23.7 Å². The SMILES string of the molecule is OC[C@H]1O[C@@H](c2cc(Cc3ccc(OC4CCC4)cc3)c(Cl)c3c2CCO3)C[C@@H](O)[C@@H]1O. The maximum atomic E-state index is 10.3. The van der Waals surface area contributed by atoms with Crippen LogP contribution in [0.1, 0.15) is 54.0 Å². The Balaban J connectivity index is 1.41. The quantitative estimate of drug-likeness (QED) is 0.612. The fourth-order valence-corrected chi connectivity index (χ4v) is 5.01. The van der Waals surface area contributed by atoms with Crippen molar-refractivity contribution in [2.75, 3.05) is 13.2 Å². The lowest BCUT2D eigenvalue weighted by molar-refractivity contribution is -0.181. The highest BCUT2D eigenvalue weighted by atomic mass is 35.5. The van der Waals surface area contributed by atoms with Crippen LogP contribution in [-0.2, 0) is 17.6 Å². The second-order valence-electron chi connectivity index (χ2n) is 8.98. The second kappa shape index (κ2) is 9.20. The number of benzene rings is 2. The summed E-state index contributed by atoms with van der Waals surface area (Å²) >= 11 is 6.73. The Hall–Kier alpha value is -1.83. The zero-order valence-corrected chi connectivity index (χ0v) is 18.6. The van der Waals surface area contributed by atoms with Crippen LogP contribution >= 0.6 is 11.6 Å². The van der Waals surface area contributed by atoms with E-state index in [-0.39, 0.29) is 13.0 Å². The van der Waals surface area contributed by atoms with Gasteiger partial charge in [0, 0.05) is 18.4 Å². The van der Waals surface area contributed by atoms with Gasteiger partial charge in [-0.15, -0.1) is 0 Å². The summed E-state index contributed by atoms with van der Waals surface area (Å²) in [5.74, 6) is 1.56. The molecule has 4 atom stereocenters. The number of hydrogen-bond donors (Lipinski definition) is 3. The molecule has 3 aliphatic rings. The molecule has 7 heteroatoms. The van der Waals surface area contributed by atoms with E-state index in [0.717, 1.165) is 40.8 Å². The highest BCUT2D eigenvalue weighted by Gasteiger charge is 2.39. The van der Waals surface area contributed by atoms with E-state index in [0.29, 0.717) is 36.3 Å². The van der Waals surface area contributed by atoms with Gasteiger partial charge in [-0.05, 0) is 54.5 Å². The first kappa shape index (κ1) is 22.0. The van der Waals surface area contributed by atoms with Crippen LogP contribution in [0, 0.1) is 0 Å². The van der Waals surface area contributed by atoms with Crippen LogP contribution in [-0.4, -0.2) is 52.9 Å². The summed E-state index contributed by atoms with van der Waals surface area (Å²) in [6, 6.07) is 10.1. The Morgan fingerprint density at radius 3 is 2.59 bits per heavy atom. The van der Waals surface area contributed by atoms with Gasteiger partial charge in [-0.25, -0.2) is 0 Å². The van der Waals surface area contributed by atoms with E-state index < -0.39 is 24.4 Å². The molecule has 5 rings (SSSR count). The molecule has 2 fully saturated rings. The lowest BCUT2D eigenvalue weighted by atomic mass is 9.89. The van der Waals surface area contributed by atoms with Gasteiger partial charge in [0.15, 0.2) is 0 Å². The summed E-state index contributed by atoms with van der Waals surface area (Å²) in [4.78, 5) is 0. The van der Waals surface area contributed by atoms with E-state index in [4.69, 9.17) is 25.8 Å². The smallest absolute Gasteiger partial charge is 0.141 e. The number of aliphatic hydroxyl groups excluding tert-OH is 3. The molecule has 0 radical (unpaired) electrons. The molecule has 6 nitrogen and oxygen atoms in total. The van der Waals surface area contributed by atoms with Gasteiger partial charge < -0.3 is 29.5 Å². The van der Waals surface area contributed by atoms with Crippen molar-refractivity contribution in [3.63, 3.8) is 0 Å². The van der Waals surface area contributed by atoms with Gasteiger partial charge >= 0.3 is 0 Å². The molecule has 3 N–H and O–H groups in total. The molecule has 2 aromatic carbocycles. The van der Waals surface area contributed by atoms with Gasteiger partial charge in [-0.3, -0.25) is 0 Å². The Labute approximate surface area is 192 Å². The summed E-state index contributed by atoms with van der Waals surface area (Å²) in [5, 5.41) is 30.6. The second-order valence-corrected chi connectivity index (χ2v) is 9.35. The minimum Gasteiger partial charge on any atom is -0.491 e. The number of rotatable bonds is 6. The minimum absolute atomic E-state index is 0.248. The predicted molar refractivity (Wildman–Crippen MR) is 119 cm³/mol. The van der Waals surface area contributed by atoms with Crippen molar-refractivity contribution in [1.29, 1.82) is 0 Å². The minimum atomic E-state index is -1.10. The highest BCUT2D eigenvalue weighted by molar-refractivity contribution is 6.33. The normalized spacial score (nSPS) is 27.5. The molecule has 2 aromatic rings. The molecule has 1 saturated heterocycles. The number of aliphatic hydroxyl groups is 3. The number of ether oxygens (including phenoxy) is 3. The molecule has 0 bridgehead atoms. The molecule has 1 aliphatic carbocycles. The molecular weight excluding hydrogens is 432 g/mol. The molecule has 0 aromatic heterocycles. The van der Waals surface area contributed by atoms with E-state index in [1.165, 1.54) is 6.42 Å². The molecule has 0 unspecified atom stereocenters. The maximum absolute atomic E-state index is 10.3. The Bertz CT molecular complexity index is 958. The van der Waals surface area contributed by atoms with Crippen molar-refractivity contribution >= 4 is 11.6 Å². The molecule has 2 heterocycles. The van der Waals surface area contributed by atoms with Crippen LogP contribution in [0.5, 0.6) is 11.5 Å². The number of halogens is 1. The molecule has 172 valence electrons. The maximum Gasteiger partial charge on any atom is 0.141 e. The fraction of sp³-hybridized carbons (Fsp3) is 0.520. The summed E-state index contributed by atoms with van der Waals surface area (Å²) in [6.07, 6.45) is 2.07. The predicted octanol–water partition coefficient (Wildman–Crippen LogP) is 3.34. The van der Waals surface area contributed by atoms with E-state index in [9.17, 15) is 15.3 Å². The molecular formula is C25H29ClO6. The lowest BCUT2D eigenvalue weighted by Crippen LogP contribution is -2.47. The van der Waals surface area contributed by atoms with Crippen LogP contribution in [0.4, 0.5) is 0 Å². The van der Waals surface area contributed by atoms with Crippen molar-refractivity contribution in [1.82, 2.24) is 0 Å². The van der Waals surface area contributed by atoms with E-state index in [1.54, 1.807) is 0 Å². The third kappa shape index (κ3) is 4.22. The summed E-state index contributed by atoms with van der Waals surface area (Å²) in [6.45, 7) is 0.184. The Morgan fingerprint density at radius 1 is 1.12 bits per heavy atom. The number of hydrogen-bond acceptors (Lipinski definition) is 6. The van der Waals surface area contributed by atoms with Gasteiger partial charge in [-0.1, -0.05) is 29.8 Å². The largest absolute Gasteiger partial charge is 0.491 e. The van der Waals surface area contributed by atoms with Crippen LogP contribution < -0.4 is 9.47 Å². The highest BCUT2D eigenvalue weighted by Crippen LogP contribution is 2.44. The van der Waals surface area contributed by atoms with Crippen molar-refractivity contribution in [2.45, 2.75) is 69.0 Å². The Morgan fingerprint density at radius 2 is 1.91 bits per heavy atom. The molecule has 1 saturated carbocycles. The topological polar surface area (TPSA) is 88.4 Å². The van der Waals surface area contributed by atoms with Crippen molar-refractivity contribution in [3.05, 3.63) is 57.6 Å². The summed E-state index contributed by atoms with van der Waals surface area (Å²) in [7, 11) is 0. The average molecular weight is 461 g/mol. The lowest BCUT2D eigenvalue weighted by Gasteiger charge is -2.37. The van der Waals surface area contributed by atoms with Crippen molar-refractivity contribution < 1.29 is 29.5 Å². The van der Waals surface area contributed by atoms with Crippen LogP contribution in [0.25, 0.3) is 0 Å². The van der Waals surface area contributed by atoms with Gasteiger partial charge in [-0.2, -0.15) is 0 Å². The first-order valence-electron chi connectivity index (χ1n) is 11.4. The summed E-state index contributed by atoms with van der Waals surface area (Å²) in [5.41, 5.74) is 3.91. The van der Waals surface area contributed by atoms with Crippen molar-refractivity contribution in [3.8, 4) is 11.5 Å². The van der Waals surface area contributed by atoms with Crippen molar-refractivity contribution in [2.24, 2.45) is 0 Å². The zero-order chi connectivity index (χ0) is 22.2. The molecule has 0 spiro atoms. The van der Waals surface area contributed by atoms with Gasteiger partial charge in [0.2, 0.25) is 0 Å². The Kier molecular flexibility index (Phi) is 6.32.